The molecule has 0 unspecified atom stereocenters. The second-order valence-electron chi connectivity index (χ2n) is 7.79. The van der Waals surface area contributed by atoms with E-state index in [1.807, 2.05) is 23.1 Å². The first-order valence-electron chi connectivity index (χ1n) is 10.1. The van der Waals surface area contributed by atoms with Gasteiger partial charge in [0.25, 0.3) is 0 Å². The maximum Gasteiger partial charge on any atom is 0.222 e. The number of ketones is 1. The number of likely N-dealkylation sites (tertiary alicyclic amines) is 1. The first-order chi connectivity index (χ1) is 14.5. The van der Waals surface area contributed by atoms with Gasteiger partial charge >= 0.3 is 0 Å². The Balaban J connectivity index is 1.26. The summed E-state index contributed by atoms with van der Waals surface area (Å²) in [5, 5.41) is 1.09. The second-order valence-corrected chi connectivity index (χ2v) is 8.63. The molecule has 2 aliphatic heterocycles. The Morgan fingerprint density at radius 1 is 1.13 bits per heavy atom. The molecule has 4 rings (SSSR count). The van der Waals surface area contributed by atoms with Gasteiger partial charge in [-0.3, -0.25) is 9.59 Å². The van der Waals surface area contributed by atoms with Gasteiger partial charge in [-0.05, 0) is 36.8 Å². The number of rotatable bonds is 5. The van der Waals surface area contributed by atoms with E-state index in [0.717, 1.165) is 0 Å². The van der Waals surface area contributed by atoms with Crippen molar-refractivity contribution in [2.75, 3.05) is 19.7 Å². The quantitative estimate of drug-likeness (QED) is 0.592. The van der Waals surface area contributed by atoms with Crippen molar-refractivity contribution in [1.82, 2.24) is 4.90 Å². The molecule has 158 valence electrons. The van der Waals surface area contributed by atoms with Gasteiger partial charge in [0.15, 0.2) is 5.78 Å². The van der Waals surface area contributed by atoms with Crippen LogP contribution in [-0.4, -0.2) is 41.9 Å². The maximum atomic E-state index is 12.6. The Hall–Kier alpha value is -2.24. The number of benzene rings is 2. The molecule has 0 saturated carbocycles. The predicted molar refractivity (Wildman–Crippen MR) is 116 cm³/mol. The van der Waals surface area contributed by atoms with Gasteiger partial charge in [0.05, 0.1) is 23.6 Å². The summed E-state index contributed by atoms with van der Waals surface area (Å²) < 4.78 is 11.9. The summed E-state index contributed by atoms with van der Waals surface area (Å²) >= 11 is 12.1. The molecule has 0 atom stereocenters. The van der Waals surface area contributed by atoms with Crippen molar-refractivity contribution in [3.63, 3.8) is 0 Å². The van der Waals surface area contributed by atoms with E-state index in [1.165, 1.54) is 0 Å². The average Bonchev–Trinajstić information content (AvgIpc) is 2.73. The molecule has 1 saturated heterocycles. The molecule has 0 N–H and O–H groups in total. The molecule has 0 aliphatic carbocycles. The fourth-order valence-corrected chi connectivity index (χ4v) is 4.40. The highest BCUT2D eigenvalue weighted by Gasteiger charge is 2.43. The van der Waals surface area contributed by atoms with E-state index in [2.05, 4.69) is 0 Å². The first-order valence-corrected chi connectivity index (χ1v) is 10.9. The van der Waals surface area contributed by atoms with Gasteiger partial charge < -0.3 is 14.4 Å². The minimum atomic E-state index is -0.526. The zero-order chi connectivity index (χ0) is 21.1. The normalized spacial score (nSPS) is 17.4. The zero-order valence-electron chi connectivity index (χ0n) is 16.5. The molecule has 1 fully saturated rings. The van der Waals surface area contributed by atoms with Crippen molar-refractivity contribution in [1.29, 1.82) is 0 Å². The van der Waals surface area contributed by atoms with Crippen LogP contribution in [0.4, 0.5) is 0 Å². The average molecular weight is 448 g/mol. The van der Waals surface area contributed by atoms with Crippen LogP contribution >= 0.6 is 23.2 Å². The lowest BCUT2D eigenvalue weighted by atomic mass is 9.82. The van der Waals surface area contributed by atoms with Crippen LogP contribution in [0.1, 0.15) is 42.5 Å². The van der Waals surface area contributed by atoms with Gasteiger partial charge in [-0.1, -0.05) is 35.3 Å². The molecule has 7 heteroatoms. The number of fused-ring (bicyclic) bond motifs is 1. The van der Waals surface area contributed by atoms with Crippen LogP contribution in [0.15, 0.2) is 42.5 Å². The number of para-hydroxylation sites is 1. The van der Waals surface area contributed by atoms with Gasteiger partial charge in [-0.15, -0.1) is 0 Å². The van der Waals surface area contributed by atoms with Crippen molar-refractivity contribution in [3.8, 4) is 11.5 Å². The number of carbonyl (C=O) groups excluding carboxylic acids is 2. The van der Waals surface area contributed by atoms with Crippen LogP contribution in [0.5, 0.6) is 11.5 Å². The number of piperidine rings is 1. The Labute approximate surface area is 185 Å². The Morgan fingerprint density at radius 3 is 2.67 bits per heavy atom. The molecule has 1 spiro atoms. The van der Waals surface area contributed by atoms with E-state index in [1.54, 1.807) is 24.3 Å². The van der Waals surface area contributed by atoms with Crippen LogP contribution in [-0.2, 0) is 4.79 Å². The van der Waals surface area contributed by atoms with Gasteiger partial charge in [0.1, 0.15) is 17.1 Å². The fourth-order valence-electron chi connectivity index (χ4n) is 4.03. The highest BCUT2D eigenvalue weighted by atomic mass is 35.5. The van der Waals surface area contributed by atoms with E-state index in [-0.39, 0.29) is 11.7 Å². The lowest BCUT2D eigenvalue weighted by Crippen LogP contribution is -2.52. The number of halogens is 2. The molecule has 2 aromatic rings. The Kier molecular flexibility index (Phi) is 6.21. The van der Waals surface area contributed by atoms with Crippen LogP contribution in [0.2, 0.25) is 10.0 Å². The smallest absolute Gasteiger partial charge is 0.222 e. The monoisotopic (exact) mass is 447 g/mol. The molecule has 0 radical (unpaired) electrons. The summed E-state index contributed by atoms with van der Waals surface area (Å²) in [6.45, 7) is 1.60. The number of hydrogen-bond donors (Lipinski definition) is 0. The minimum Gasteiger partial charge on any atom is -0.492 e. The first kappa shape index (κ1) is 21.0. The van der Waals surface area contributed by atoms with Crippen molar-refractivity contribution >= 4 is 34.9 Å². The molecule has 30 heavy (non-hydrogen) atoms. The summed E-state index contributed by atoms with van der Waals surface area (Å²) in [5.74, 6) is 1.37. The third kappa shape index (κ3) is 4.57. The topological polar surface area (TPSA) is 55.8 Å². The molecule has 2 heterocycles. The summed E-state index contributed by atoms with van der Waals surface area (Å²) in [6.07, 6.45) is 2.65. The third-order valence-electron chi connectivity index (χ3n) is 5.71. The van der Waals surface area contributed by atoms with Crippen molar-refractivity contribution in [2.24, 2.45) is 0 Å². The number of amides is 1. The number of ether oxygens (including phenoxy) is 2. The molecule has 1 amide bonds. The highest BCUT2D eigenvalue weighted by Crippen LogP contribution is 2.40. The predicted octanol–water partition coefficient (Wildman–Crippen LogP) is 5.18. The van der Waals surface area contributed by atoms with E-state index in [0.29, 0.717) is 78.9 Å². The lowest BCUT2D eigenvalue weighted by Gasteiger charge is -2.44. The van der Waals surface area contributed by atoms with Gasteiger partial charge in [-0.25, -0.2) is 0 Å². The second kappa shape index (κ2) is 8.86. The van der Waals surface area contributed by atoms with Crippen LogP contribution in [0.25, 0.3) is 0 Å². The molecular weight excluding hydrogens is 425 g/mol. The Morgan fingerprint density at radius 2 is 1.90 bits per heavy atom. The zero-order valence-corrected chi connectivity index (χ0v) is 18.0. The van der Waals surface area contributed by atoms with Gasteiger partial charge in [0, 0.05) is 37.4 Å². The summed E-state index contributed by atoms with van der Waals surface area (Å²) in [6, 6.07) is 12.4. The lowest BCUT2D eigenvalue weighted by molar-refractivity contribution is -0.135. The molecule has 5 nitrogen and oxygen atoms in total. The van der Waals surface area contributed by atoms with Crippen molar-refractivity contribution in [2.45, 2.75) is 37.7 Å². The van der Waals surface area contributed by atoms with Crippen molar-refractivity contribution < 1.29 is 19.1 Å². The Bertz CT molecular complexity index is 954. The largest absolute Gasteiger partial charge is 0.492 e. The van der Waals surface area contributed by atoms with E-state index < -0.39 is 5.60 Å². The maximum absolute atomic E-state index is 12.6. The summed E-state index contributed by atoms with van der Waals surface area (Å²) in [7, 11) is 0. The molecule has 2 aromatic carbocycles. The number of carbonyl (C=O) groups is 2. The minimum absolute atomic E-state index is 0.0512. The van der Waals surface area contributed by atoms with Crippen LogP contribution in [0.3, 0.4) is 0 Å². The third-order valence-corrected chi connectivity index (χ3v) is 6.26. The van der Waals surface area contributed by atoms with E-state index in [4.69, 9.17) is 32.7 Å². The number of hydrogen-bond acceptors (Lipinski definition) is 4. The SMILES string of the molecule is O=C1CC2(CCN(C(=O)CCCOc3ccccc3Cl)CC2)Oc2ccc(Cl)cc21. The fraction of sp³-hybridized carbons (Fsp3) is 0.391. The number of nitrogens with zero attached hydrogens (tertiary/aromatic N) is 1. The molecule has 2 aliphatic rings. The van der Waals surface area contributed by atoms with Gasteiger partial charge in [-0.2, -0.15) is 0 Å². The standard InChI is InChI=1S/C23H23Cl2NO4/c24-16-7-8-20-17(14-16)19(27)15-23(30-20)9-11-26(12-10-23)22(28)6-3-13-29-21-5-2-1-4-18(21)25/h1-2,4-5,7-8,14H,3,6,9-13,15H2. The van der Waals surface area contributed by atoms with Crippen molar-refractivity contribution in [3.05, 3.63) is 58.1 Å². The summed E-state index contributed by atoms with van der Waals surface area (Å²) in [5.41, 5.74) is 0.0205. The van der Waals surface area contributed by atoms with Crippen LogP contribution in [0, 0.1) is 0 Å². The summed E-state index contributed by atoms with van der Waals surface area (Å²) in [4.78, 5) is 27.0. The van der Waals surface area contributed by atoms with Crippen LogP contribution < -0.4 is 9.47 Å². The van der Waals surface area contributed by atoms with E-state index >= 15 is 0 Å². The highest BCUT2D eigenvalue weighted by molar-refractivity contribution is 6.32. The molecule has 0 aromatic heterocycles. The molecule has 0 bridgehead atoms. The van der Waals surface area contributed by atoms with Gasteiger partial charge in [0.2, 0.25) is 5.91 Å². The van der Waals surface area contributed by atoms with E-state index in [9.17, 15) is 9.59 Å². The number of Topliss-reactive ketones (excluding diaryl/α,β-unsaturated/α-hetero) is 1. The molecular formula is C23H23Cl2NO4.